The molecule has 0 saturated heterocycles. The maximum Gasteiger partial charge on any atom is 0.309 e. The molecule has 0 bridgehead atoms. The van der Waals surface area contributed by atoms with Crippen LogP contribution in [0.1, 0.15) is 24.0 Å². The normalized spacial score (nSPS) is 10.9. The van der Waals surface area contributed by atoms with Crippen molar-refractivity contribution >= 4 is 11.5 Å². The molecule has 0 aliphatic heterocycles. The molecule has 0 saturated carbocycles. The van der Waals surface area contributed by atoms with Gasteiger partial charge in [-0.25, -0.2) is 4.98 Å². The van der Waals surface area contributed by atoms with Crippen molar-refractivity contribution in [3.8, 4) is 0 Å². The summed E-state index contributed by atoms with van der Waals surface area (Å²) < 4.78 is 1.98. The summed E-state index contributed by atoms with van der Waals surface area (Å²) in [7, 11) is 0. The monoisotopic (exact) mass is 218 g/mol. The van der Waals surface area contributed by atoms with Gasteiger partial charge >= 0.3 is 5.97 Å². The quantitative estimate of drug-likeness (QED) is 0.855. The Bertz CT molecular complexity index is 543. The number of hydrogen-bond donors (Lipinski definition) is 1. The maximum atomic E-state index is 10.7. The van der Waals surface area contributed by atoms with Crippen LogP contribution < -0.4 is 0 Å². The Hall–Kier alpha value is -1.84. The predicted octanol–water partition coefficient (Wildman–Crippen LogP) is 1.83. The van der Waals surface area contributed by atoms with E-state index in [-0.39, 0.29) is 6.42 Å². The molecule has 2 aromatic rings. The first-order valence-corrected chi connectivity index (χ1v) is 5.30. The molecular weight excluding hydrogens is 204 g/mol. The molecule has 16 heavy (non-hydrogen) atoms. The van der Waals surface area contributed by atoms with Gasteiger partial charge in [-0.3, -0.25) is 4.79 Å². The fraction of sp³-hybridized carbons (Fsp3) is 0.333. The zero-order valence-electron chi connectivity index (χ0n) is 9.40. The van der Waals surface area contributed by atoms with Crippen LogP contribution in [0.5, 0.6) is 0 Å². The third-order valence-corrected chi connectivity index (χ3v) is 2.57. The maximum absolute atomic E-state index is 10.7. The number of aromatic nitrogens is 2. The first kappa shape index (κ1) is 10.7. The smallest absolute Gasteiger partial charge is 0.309 e. The number of rotatable bonds is 3. The van der Waals surface area contributed by atoms with Crippen LogP contribution in [0.15, 0.2) is 18.3 Å². The molecule has 0 spiro atoms. The van der Waals surface area contributed by atoms with Crippen molar-refractivity contribution in [2.24, 2.45) is 0 Å². The molecule has 0 aromatic carbocycles. The van der Waals surface area contributed by atoms with Crippen LogP contribution in [0.4, 0.5) is 0 Å². The zero-order chi connectivity index (χ0) is 11.7. The summed E-state index contributed by atoms with van der Waals surface area (Å²) in [6, 6.07) is 3.90. The SMILES string of the molecule is CCc1nc(CC(=O)O)c2ccc(C)cn12. The van der Waals surface area contributed by atoms with E-state index in [1.54, 1.807) is 0 Å². The van der Waals surface area contributed by atoms with E-state index in [0.29, 0.717) is 5.69 Å². The van der Waals surface area contributed by atoms with Crippen molar-refractivity contribution in [2.75, 3.05) is 0 Å². The molecule has 0 amide bonds. The number of pyridine rings is 1. The number of carboxylic acid groups (broad SMARTS) is 1. The summed E-state index contributed by atoms with van der Waals surface area (Å²) in [5, 5.41) is 8.81. The van der Waals surface area contributed by atoms with Gasteiger partial charge in [-0.2, -0.15) is 0 Å². The van der Waals surface area contributed by atoms with E-state index < -0.39 is 5.97 Å². The molecule has 2 heterocycles. The lowest BCUT2D eigenvalue weighted by Crippen LogP contribution is -2.00. The third kappa shape index (κ3) is 1.78. The number of nitrogens with zero attached hydrogens (tertiary/aromatic N) is 2. The van der Waals surface area contributed by atoms with Gasteiger partial charge < -0.3 is 9.51 Å². The van der Waals surface area contributed by atoms with Crippen LogP contribution in [-0.4, -0.2) is 20.5 Å². The van der Waals surface area contributed by atoms with E-state index in [4.69, 9.17) is 5.11 Å². The van der Waals surface area contributed by atoms with Gasteiger partial charge in [0.1, 0.15) is 5.82 Å². The van der Waals surface area contributed by atoms with Gasteiger partial charge in [0, 0.05) is 12.6 Å². The Labute approximate surface area is 93.5 Å². The summed E-state index contributed by atoms with van der Waals surface area (Å²) in [5.74, 6) is 0.0678. The lowest BCUT2D eigenvalue weighted by Gasteiger charge is -1.99. The minimum Gasteiger partial charge on any atom is -0.481 e. The molecule has 0 aliphatic carbocycles. The highest BCUT2D eigenvalue weighted by Gasteiger charge is 2.12. The van der Waals surface area contributed by atoms with Gasteiger partial charge in [-0.1, -0.05) is 13.0 Å². The zero-order valence-corrected chi connectivity index (χ0v) is 9.40. The van der Waals surface area contributed by atoms with Gasteiger partial charge in [0.05, 0.1) is 17.6 Å². The molecule has 84 valence electrons. The van der Waals surface area contributed by atoms with Crippen molar-refractivity contribution in [1.82, 2.24) is 9.38 Å². The molecule has 4 nitrogen and oxygen atoms in total. The van der Waals surface area contributed by atoms with Crippen molar-refractivity contribution in [1.29, 1.82) is 0 Å². The first-order valence-electron chi connectivity index (χ1n) is 5.30. The van der Waals surface area contributed by atoms with Crippen LogP contribution in [0.2, 0.25) is 0 Å². The Kier molecular flexibility index (Phi) is 2.64. The number of carbonyl (C=O) groups is 1. The van der Waals surface area contributed by atoms with Gasteiger partial charge in [0.25, 0.3) is 0 Å². The molecular formula is C12H14N2O2. The Morgan fingerprint density at radius 2 is 2.25 bits per heavy atom. The number of fused-ring (bicyclic) bond motifs is 1. The minimum atomic E-state index is -0.844. The van der Waals surface area contributed by atoms with Crippen LogP contribution in [-0.2, 0) is 17.6 Å². The van der Waals surface area contributed by atoms with E-state index in [9.17, 15) is 4.79 Å². The average Bonchev–Trinajstić information content (AvgIpc) is 2.55. The second-order valence-electron chi connectivity index (χ2n) is 3.86. The topological polar surface area (TPSA) is 54.6 Å². The molecule has 0 unspecified atom stereocenters. The highest BCUT2D eigenvalue weighted by molar-refractivity contribution is 5.73. The minimum absolute atomic E-state index is 0.0213. The standard InChI is InChI=1S/C12H14N2O2/c1-3-11-13-9(6-12(15)16)10-5-4-8(2)7-14(10)11/h4-5,7H,3,6H2,1-2H3,(H,15,16). The van der Waals surface area contributed by atoms with Crippen molar-refractivity contribution in [3.63, 3.8) is 0 Å². The highest BCUT2D eigenvalue weighted by atomic mass is 16.4. The van der Waals surface area contributed by atoms with Crippen molar-refractivity contribution in [3.05, 3.63) is 35.4 Å². The fourth-order valence-corrected chi connectivity index (χ4v) is 1.85. The van der Waals surface area contributed by atoms with Crippen LogP contribution in [0.25, 0.3) is 5.52 Å². The second kappa shape index (κ2) is 3.96. The van der Waals surface area contributed by atoms with Gasteiger partial charge in [0.15, 0.2) is 0 Å². The summed E-state index contributed by atoms with van der Waals surface area (Å²) in [6.07, 6.45) is 2.77. The van der Waals surface area contributed by atoms with Crippen LogP contribution in [0, 0.1) is 6.92 Å². The number of carboxylic acids is 1. The van der Waals surface area contributed by atoms with Gasteiger partial charge in [-0.15, -0.1) is 0 Å². The van der Waals surface area contributed by atoms with Crippen LogP contribution in [0.3, 0.4) is 0 Å². The largest absolute Gasteiger partial charge is 0.481 e. The number of imidazole rings is 1. The molecule has 0 radical (unpaired) electrons. The second-order valence-corrected chi connectivity index (χ2v) is 3.86. The van der Waals surface area contributed by atoms with E-state index in [0.717, 1.165) is 23.3 Å². The molecule has 0 aliphatic rings. The van der Waals surface area contributed by atoms with E-state index in [1.807, 2.05) is 36.6 Å². The van der Waals surface area contributed by atoms with Gasteiger partial charge in [-0.05, 0) is 18.6 Å². The molecule has 4 heteroatoms. The predicted molar refractivity (Wildman–Crippen MR) is 60.6 cm³/mol. The lowest BCUT2D eigenvalue weighted by molar-refractivity contribution is -0.136. The Morgan fingerprint density at radius 1 is 1.50 bits per heavy atom. The molecule has 0 atom stereocenters. The molecule has 0 fully saturated rings. The fourth-order valence-electron chi connectivity index (χ4n) is 1.85. The van der Waals surface area contributed by atoms with Crippen LogP contribution >= 0.6 is 0 Å². The summed E-state index contributed by atoms with van der Waals surface area (Å²) in [6.45, 7) is 4.03. The first-order chi connectivity index (χ1) is 7.61. The van der Waals surface area contributed by atoms with E-state index in [1.165, 1.54) is 0 Å². The summed E-state index contributed by atoms with van der Waals surface area (Å²) in [4.78, 5) is 15.1. The average molecular weight is 218 g/mol. The Balaban J connectivity index is 2.63. The molecule has 2 aromatic heterocycles. The van der Waals surface area contributed by atoms with Crippen molar-refractivity contribution in [2.45, 2.75) is 26.7 Å². The summed E-state index contributed by atoms with van der Waals surface area (Å²) in [5.41, 5.74) is 2.68. The lowest BCUT2D eigenvalue weighted by atomic mass is 10.2. The highest BCUT2D eigenvalue weighted by Crippen LogP contribution is 2.15. The van der Waals surface area contributed by atoms with Crippen molar-refractivity contribution < 1.29 is 9.90 Å². The third-order valence-electron chi connectivity index (χ3n) is 2.57. The Morgan fingerprint density at radius 3 is 2.88 bits per heavy atom. The van der Waals surface area contributed by atoms with E-state index >= 15 is 0 Å². The molecule has 1 N–H and O–H groups in total. The number of aliphatic carboxylic acids is 1. The van der Waals surface area contributed by atoms with Gasteiger partial charge in [0.2, 0.25) is 0 Å². The molecule has 2 rings (SSSR count). The number of aryl methyl sites for hydroxylation is 2. The number of hydrogen-bond acceptors (Lipinski definition) is 2. The van der Waals surface area contributed by atoms with E-state index in [2.05, 4.69) is 4.98 Å². The summed E-state index contributed by atoms with van der Waals surface area (Å²) >= 11 is 0.